The van der Waals surface area contributed by atoms with E-state index >= 15 is 0 Å². The van der Waals surface area contributed by atoms with Crippen molar-refractivity contribution in [3.8, 4) is 6.07 Å². The maximum absolute atomic E-state index is 8.95. The summed E-state index contributed by atoms with van der Waals surface area (Å²) in [6.07, 6.45) is 20.5. The molecule has 2 rings (SSSR count). The highest BCUT2D eigenvalue weighted by atomic mass is 16.5. The van der Waals surface area contributed by atoms with Crippen molar-refractivity contribution in [2.75, 3.05) is 6.61 Å². The third kappa shape index (κ3) is 5.02. The third-order valence-electron chi connectivity index (χ3n) is 2.63. The number of ether oxygens (including phenoxy) is 1. The van der Waals surface area contributed by atoms with Gasteiger partial charge in [-0.2, -0.15) is 5.26 Å². The molecular weight excluding hydrogens is 276 g/mol. The van der Waals surface area contributed by atoms with Crippen LogP contribution in [0.1, 0.15) is 0 Å². The second kappa shape index (κ2) is 8.82. The molecular formula is C17H14N4O. The Morgan fingerprint density at radius 1 is 1.05 bits per heavy atom. The van der Waals surface area contributed by atoms with Crippen LogP contribution in [0.5, 0.6) is 0 Å². The van der Waals surface area contributed by atoms with Gasteiger partial charge in [-0.05, 0) is 24.3 Å². The number of fused-ring (bicyclic) bond motifs is 1. The van der Waals surface area contributed by atoms with Crippen LogP contribution in [0.15, 0.2) is 87.3 Å². The molecule has 22 heavy (non-hydrogen) atoms. The quantitative estimate of drug-likeness (QED) is 0.688. The standard InChI is InChI=1S/C17H14N4O/c18-12-15-4-2-9-20-14-21-17-7-1-5-16(17)6-3-8-19-10-11-22-13-15/h1-11,14H,13H2/b6-3-,9-2-,11-10-,15-4-,19-8-,20-14?,21-17?. The zero-order valence-electron chi connectivity index (χ0n) is 11.8. The first-order valence-electron chi connectivity index (χ1n) is 6.60. The van der Waals surface area contributed by atoms with Crippen LogP contribution >= 0.6 is 0 Å². The largest absolute Gasteiger partial charge is 0.494 e. The van der Waals surface area contributed by atoms with Gasteiger partial charge in [0.25, 0.3) is 0 Å². The summed E-state index contributed by atoms with van der Waals surface area (Å²) < 4.78 is 5.21. The van der Waals surface area contributed by atoms with E-state index < -0.39 is 0 Å². The molecule has 0 spiro atoms. The normalized spacial score (nSPS) is 26.0. The highest BCUT2D eigenvalue weighted by Crippen LogP contribution is 2.09. The van der Waals surface area contributed by atoms with E-state index in [1.165, 1.54) is 18.8 Å². The maximum Gasteiger partial charge on any atom is 0.122 e. The average Bonchev–Trinajstić information content (AvgIpc) is 2.97. The molecule has 1 aliphatic carbocycles. The van der Waals surface area contributed by atoms with Gasteiger partial charge in [0.15, 0.2) is 0 Å². The van der Waals surface area contributed by atoms with Gasteiger partial charge in [0.05, 0.1) is 23.6 Å². The molecule has 5 heteroatoms. The lowest BCUT2D eigenvalue weighted by molar-refractivity contribution is 0.283. The number of hydrogen-bond acceptors (Lipinski definition) is 5. The van der Waals surface area contributed by atoms with Gasteiger partial charge >= 0.3 is 0 Å². The van der Waals surface area contributed by atoms with Crippen LogP contribution in [0, 0.1) is 11.3 Å². The molecule has 0 saturated heterocycles. The summed E-state index contributed by atoms with van der Waals surface area (Å²) >= 11 is 0. The lowest BCUT2D eigenvalue weighted by atomic mass is 10.2. The van der Waals surface area contributed by atoms with Gasteiger partial charge in [-0.25, -0.2) is 9.98 Å². The van der Waals surface area contributed by atoms with Crippen molar-refractivity contribution < 1.29 is 4.74 Å². The molecule has 2 aliphatic rings. The van der Waals surface area contributed by atoms with Gasteiger partial charge in [-0.1, -0.05) is 18.2 Å². The molecule has 0 N–H and O–H groups in total. The monoisotopic (exact) mass is 290 g/mol. The molecule has 1 aliphatic heterocycles. The van der Waals surface area contributed by atoms with Crippen molar-refractivity contribution in [3.63, 3.8) is 0 Å². The van der Waals surface area contributed by atoms with Crippen molar-refractivity contribution in [3.05, 3.63) is 72.3 Å². The fourth-order valence-corrected chi connectivity index (χ4v) is 1.61. The van der Waals surface area contributed by atoms with Gasteiger partial charge in [0.2, 0.25) is 0 Å². The van der Waals surface area contributed by atoms with Crippen molar-refractivity contribution in [1.82, 2.24) is 0 Å². The van der Waals surface area contributed by atoms with Crippen molar-refractivity contribution in [2.45, 2.75) is 0 Å². The maximum atomic E-state index is 8.95. The predicted molar refractivity (Wildman–Crippen MR) is 88.7 cm³/mol. The Balaban J connectivity index is 2.19. The summed E-state index contributed by atoms with van der Waals surface area (Å²) in [5.74, 6) is 0. The predicted octanol–water partition coefficient (Wildman–Crippen LogP) is 3.04. The molecule has 108 valence electrons. The molecule has 0 aromatic carbocycles. The number of aliphatic imine (C=N–C) groups is 3. The van der Waals surface area contributed by atoms with E-state index in [9.17, 15) is 0 Å². The van der Waals surface area contributed by atoms with Crippen LogP contribution in [-0.2, 0) is 4.74 Å². The Hall–Kier alpha value is -3.26. The van der Waals surface area contributed by atoms with Gasteiger partial charge in [-0.15, -0.1) is 0 Å². The first kappa shape index (κ1) is 15.1. The molecule has 0 aromatic rings. The van der Waals surface area contributed by atoms with Crippen molar-refractivity contribution >= 4 is 18.3 Å². The number of allylic oxidation sites excluding steroid dienone is 8. The van der Waals surface area contributed by atoms with E-state index in [2.05, 4.69) is 21.0 Å². The minimum absolute atomic E-state index is 0.187. The minimum atomic E-state index is 0.187. The Bertz CT molecular complexity index is 707. The summed E-state index contributed by atoms with van der Waals surface area (Å²) in [5, 5.41) is 8.95. The summed E-state index contributed by atoms with van der Waals surface area (Å²) in [5.41, 5.74) is 2.30. The Kier molecular flexibility index (Phi) is 6.07. The van der Waals surface area contributed by atoms with Gasteiger partial charge in [0, 0.05) is 18.0 Å². The molecule has 0 atom stereocenters. The molecule has 5 nitrogen and oxygen atoms in total. The average molecular weight is 290 g/mol. The summed E-state index contributed by atoms with van der Waals surface area (Å²) in [4.78, 5) is 12.3. The summed E-state index contributed by atoms with van der Waals surface area (Å²) in [6.45, 7) is 0.187. The van der Waals surface area contributed by atoms with E-state index in [0.717, 1.165) is 11.3 Å². The molecule has 0 amide bonds. The fourth-order valence-electron chi connectivity index (χ4n) is 1.61. The Morgan fingerprint density at radius 3 is 2.91 bits per heavy atom. The number of hydrogen-bond donors (Lipinski definition) is 0. The topological polar surface area (TPSA) is 70.1 Å². The summed E-state index contributed by atoms with van der Waals surface area (Å²) in [6, 6.07) is 2.05. The third-order valence-corrected chi connectivity index (χ3v) is 2.63. The first-order valence-corrected chi connectivity index (χ1v) is 6.60. The molecule has 0 saturated carbocycles. The molecule has 0 unspecified atom stereocenters. The van der Waals surface area contributed by atoms with E-state index in [4.69, 9.17) is 10.00 Å². The van der Waals surface area contributed by atoms with E-state index in [1.54, 1.807) is 24.6 Å². The van der Waals surface area contributed by atoms with Gasteiger partial charge in [-0.3, -0.25) is 4.99 Å². The SMILES string of the molecule is N#C/C1=C/C=C\N=CN=C2C=CC=C2\C=C/C=N\C=C/OC1. The van der Waals surface area contributed by atoms with Crippen LogP contribution in [0.25, 0.3) is 0 Å². The zero-order chi connectivity index (χ0) is 15.5. The van der Waals surface area contributed by atoms with Crippen molar-refractivity contribution in [1.29, 1.82) is 5.26 Å². The second-order valence-electron chi connectivity index (χ2n) is 4.16. The molecule has 0 aromatic heterocycles. The highest BCUT2D eigenvalue weighted by Gasteiger charge is 2.03. The van der Waals surface area contributed by atoms with Crippen LogP contribution < -0.4 is 0 Å². The van der Waals surface area contributed by atoms with E-state index in [-0.39, 0.29) is 6.61 Å². The van der Waals surface area contributed by atoms with Gasteiger partial charge in [0.1, 0.15) is 19.2 Å². The smallest absolute Gasteiger partial charge is 0.122 e. The zero-order valence-corrected chi connectivity index (χ0v) is 11.8. The molecule has 1 heterocycles. The van der Waals surface area contributed by atoms with Crippen LogP contribution in [0.4, 0.5) is 0 Å². The second-order valence-corrected chi connectivity index (χ2v) is 4.16. The van der Waals surface area contributed by atoms with Crippen LogP contribution in [0.2, 0.25) is 0 Å². The Labute approximate surface area is 129 Å². The Morgan fingerprint density at radius 2 is 2.00 bits per heavy atom. The van der Waals surface area contributed by atoms with E-state index in [0.29, 0.717) is 5.57 Å². The minimum Gasteiger partial charge on any atom is -0.494 e. The van der Waals surface area contributed by atoms with Crippen molar-refractivity contribution in [2.24, 2.45) is 15.0 Å². The molecule has 0 fully saturated rings. The number of rotatable bonds is 0. The number of nitrogens with zero attached hydrogens (tertiary/aromatic N) is 4. The van der Waals surface area contributed by atoms with Crippen LogP contribution in [0.3, 0.4) is 0 Å². The highest BCUT2D eigenvalue weighted by molar-refractivity contribution is 6.15. The van der Waals surface area contributed by atoms with Crippen LogP contribution in [-0.4, -0.2) is 24.9 Å². The van der Waals surface area contributed by atoms with E-state index in [1.807, 2.05) is 30.4 Å². The lowest BCUT2D eigenvalue weighted by Gasteiger charge is -1.96. The lowest BCUT2D eigenvalue weighted by Crippen LogP contribution is -1.93. The fraction of sp³-hybridized carbons (Fsp3) is 0.0588. The summed E-state index contributed by atoms with van der Waals surface area (Å²) in [7, 11) is 0. The molecule has 0 bridgehead atoms. The first-order chi connectivity index (χ1) is 10.9. The number of nitriles is 1. The molecule has 0 radical (unpaired) electrons. The van der Waals surface area contributed by atoms with Gasteiger partial charge < -0.3 is 4.74 Å².